The second kappa shape index (κ2) is 4.28. The number of hydrogen-bond donors (Lipinski definition) is 1. The molecular formula is C16H14BrNO4. The van der Waals surface area contributed by atoms with Gasteiger partial charge in [-0.1, -0.05) is 28.1 Å². The van der Waals surface area contributed by atoms with Crippen LogP contribution in [0.3, 0.4) is 0 Å². The number of nitrogens with zero attached hydrogens (tertiary/aromatic N) is 1. The Morgan fingerprint density at radius 1 is 1.18 bits per heavy atom. The Bertz CT molecular complexity index is 715. The van der Waals surface area contributed by atoms with Crippen molar-refractivity contribution >= 4 is 33.4 Å². The summed E-state index contributed by atoms with van der Waals surface area (Å²) in [5.74, 6) is -1.82. The number of hydrogen-bond acceptors (Lipinski definition) is 4. The molecule has 2 saturated heterocycles. The summed E-state index contributed by atoms with van der Waals surface area (Å²) >= 11 is 3.34. The zero-order valence-corrected chi connectivity index (χ0v) is 13.4. The van der Waals surface area contributed by atoms with Gasteiger partial charge in [0.2, 0.25) is 11.8 Å². The maximum Gasteiger partial charge on any atom is 0.241 e. The van der Waals surface area contributed by atoms with Crippen molar-refractivity contribution in [2.24, 2.45) is 11.8 Å². The highest BCUT2D eigenvalue weighted by Gasteiger charge is 2.72. The van der Waals surface area contributed by atoms with Crippen LogP contribution < -0.4 is 4.90 Å². The molecule has 2 amide bonds. The monoisotopic (exact) mass is 363 g/mol. The van der Waals surface area contributed by atoms with Crippen LogP contribution in [0.2, 0.25) is 0 Å². The minimum absolute atomic E-state index is 0.264. The van der Waals surface area contributed by atoms with Crippen LogP contribution in [0.5, 0.6) is 0 Å². The lowest BCUT2D eigenvalue weighted by Gasteiger charge is -2.26. The van der Waals surface area contributed by atoms with E-state index in [2.05, 4.69) is 15.9 Å². The predicted molar refractivity (Wildman–Crippen MR) is 82.1 cm³/mol. The molecule has 114 valence electrons. The van der Waals surface area contributed by atoms with Gasteiger partial charge < -0.3 is 9.84 Å². The van der Waals surface area contributed by atoms with Gasteiger partial charge in [0.1, 0.15) is 5.60 Å². The topological polar surface area (TPSA) is 66.8 Å². The zero-order chi connectivity index (χ0) is 15.7. The normalized spacial score (nSPS) is 39.0. The molecule has 0 spiro atoms. The molecule has 0 unspecified atom stereocenters. The van der Waals surface area contributed by atoms with Crippen LogP contribution in [0.15, 0.2) is 40.9 Å². The van der Waals surface area contributed by atoms with Crippen LogP contribution in [0, 0.1) is 11.8 Å². The molecule has 2 bridgehead atoms. The summed E-state index contributed by atoms with van der Waals surface area (Å²) in [5, 5.41) is 9.74. The number of halogens is 1. The van der Waals surface area contributed by atoms with Crippen molar-refractivity contribution in [3.05, 3.63) is 40.9 Å². The van der Waals surface area contributed by atoms with Crippen LogP contribution in [0.25, 0.3) is 0 Å². The second-order valence-corrected chi connectivity index (χ2v) is 7.09. The third-order valence-corrected chi connectivity index (χ3v) is 5.42. The van der Waals surface area contributed by atoms with Gasteiger partial charge in [-0.2, -0.15) is 0 Å². The second-order valence-electron chi connectivity index (χ2n) is 6.18. The van der Waals surface area contributed by atoms with Gasteiger partial charge in [0, 0.05) is 4.47 Å². The lowest BCUT2D eigenvalue weighted by molar-refractivity contribution is -0.131. The molecule has 1 N–H and O–H groups in total. The number of carbonyl (C=O) groups excluding carboxylic acids is 2. The molecular weight excluding hydrogens is 350 g/mol. The van der Waals surface area contributed by atoms with Crippen molar-refractivity contribution < 1.29 is 19.4 Å². The summed E-state index contributed by atoms with van der Waals surface area (Å²) in [5.41, 5.74) is -1.36. The molecule has 22 heavy (non-hydrogen) atoms. The van der Waals surface area contributed by atoms with Gasteiger partial charge in [0.15, 0.2) is 0 Å². The minimum atomic E-state index is -1.07. The Morgan fingerprint density at radius 2 is 1.82 bits per heavy atom. The Hall–Kier alpha value is -1.50. The van der Waals surface area contributed by atoms with E-state index >= 15 is 0 Å². The van der Waals surface area contributed by atoms with Crippen LogP contribution >= 0.6 is 15.9 Å². The quantitative estimate of drug-likeness (QED) is 0.640. The number of carbonyl (C=O) groups is 2. The smallest absolute Gasteiger partial charge is 0.241 e. The molecule has 2 fully saturated rings. The number of fused-ring (bicyclic) bond motifs is 5. The molecule has 6 heteroatoms. The molecule has 4 rings (SSSR count). The van der Waals surface area contributed by atoms with Crippen molar-refractivity contribution in [2.75, 3.05) is 11.5 Å². The van der Waals surface area contributed by atoms with Gasteiger partial charge in [-0.05, 0) is 31.2 Å². The first-order valence-corrected chi connectivity index (χ1v) is 7.86. The van der Waals surface area contributed by atoms with E-state index in [-0.39, 0.29) is 18.4 Å². The third-order valence-electron chi connectivity index (χ3n) is 4.89. The summed E-state index contributed by atoms with van der Waals surface area (Å²) in [4.78, 5) is 26.9. The van der Waals surface area contributed by atoms with E-state index in [1.165, 1.54) is 4.90 Å². The van der Waals surface area contributed by atoms with Crippen LogP contribution in [-0.4, -0.2) is 34.7 Å². The maximum atomic E-state index is 12.8. The predicted octanol–water partition coefficient (Wildman–Crippen LogP) is 1.64. The highest BCUT2D eigenvalue weighted by atomic mass is 79.9. The van der Waals surface area contributed by atoms with E-state index in [1.54, 1.807) is 43.3 Å². The highest BCUT2D eigenvalue weighted by Crippen LogP contribution is 2.57. The Balaban J connectivity index is 1.80. The molecule has 3 aliphatic heterocycles. The van der Waals surface area contributed by atoms with E-state index in [1.807, 2.05) is 0 Å². The van der Waals surface area contributed by atoms with E-state index in [9.17, 15) is 14.7 Å². The van der Waals surface area contributed by atoms with E-state index in [0.29, 0.717) is 5.69 Å². The third kappa shape index (κ3) is 1.55. The first-order chi connectivity index (χ1) is 10.4. The Labute approximate surface area is 135 Å². The van der Waals surface area contributed by atoms with E-state index < -0.39 is 23.0 Å². The standard InChI is InChI=1S/C16H14BrNO4/c1-15-6-7-16(8-19,22-15)12-11(15)13(20)18(14(12)21)10-4-2-9(17)3-5-10/h2-7,11-12,19H,8H2,1H3/t11-,12+,15-,16+/m1/s1. The Kier molecular flexibility index (Phi) is 2.74. The fourth-order valence-corrected chi connectivity index (χ4v) is 4.15. The highest BCUT2D eigenvalue weighted by molar-refractivity contribution is 9.10. The SMILES string of the molecule is C[C@]12C=C[C@@](CO)(O1)[C@@H]1C(=O)N(c3ccc(Br)cc3)C(=O)[C@@H]12. The maximum absolute atomic E-state index is 12.8. The summed E-state index contributed by atoms with van der Waals surface area (Å²) in [6.45, 7) is 1.48. The van der Waals surface area contributed by atoms with Gasteiger partial charge in [-0.15, -0.1) is 0 Å². The average Bonchev–Trinajstić information content (AvgIpc) is 3.07. The number of amides is 2. The van der Waals surface area contributed by atoms with Gasteiger partial charge >= 0.3 is 0 Å². The molecule has 3 heterocycles. The van der Waals surface area contributed by atoms with Crippen molar-refractivity contribution in [1.29, 1.82) is 0 Å². The fourth-order valence-electron chi connectivity index (χ4n) is 3.89. The van der Waals surface area contributed by atoms with Crippen molar-refractivity contribution in [2.45, 2.75) is 18.1 Å². The van der Waals surface area contributed by atoms with Gasteiger partial charge in [-0.3, -0.25) is 9.59 Å². The summed E-state index contributed by atoms with van der Waals surface area (Å²) in [7, 11) is 0. The van der Waals surface area contributed by atoms with Crippen molar-refractivity contribution in [3.8, 4) is 0 Å². The molecule has 0 radical (unpaired) electrons. The molecule has 4 atom stereocenters. The molecule has 3 aliphatic rings. The van der Waals surface area contributed by atoms with Gasteiger partial charge in [0.05, 0.1) is 29.7 Å². The number of ether oxygens (including phenoxy) is 1. The molecule has 1 aromatic rings. The number of imide groups is 1. The summed E-state index contributed by atoms with van der Waals surface area (Å²) in [6, 6.07) is 7.03. The average molecular weight is 364 g/mol. The first kappa shape index (κ1) is 14.1. The van der Waals surface area contributed by atoms with Crippen LogP contribution in [-0.2, 0) is 14.3 Å². The molecule has 1 aromatic carbocycles. The summed E-state index contributed by atoms with van der Waals surface area (Å²) in [6.07, 6.45) is 3.52. The molecule has 0 saturated carbocycles. The van der Waals surface area contributed by atoms with Crippen LogP contribution in [0.1, 0.15) is 6.92 Å². The van der Waals surface area contributed by atoms with Crippen LogP contribution in [0.4, 0.5) is 5.69 Å². The molecule has 0 aromatic heterocycles. The number of aliphatic hydroxyl groups is 1. The zero-order valence-electron chi connectivity index (χ0n) is 11.8. The van der Waals surface area contributed by atoms with Gasteiger partial charge in [-0.25, -0.2) is 4.90 Å². The van der Waals surface area contributed by atoms with E-state index in [4.69, 9.17) is 4.74 Å². The fraction of sp³-hybridized carbons (Fsp3) is 0.375. The lowest BCUT2D eigenvalue weighted by atomic mass is 9.73. The molecule has 5 nitrogen and oxygen atoms in total. The summed E-state index contributed by atoms with van der Waals surface area (Å²) < 4.78 is 6.75. The van der Waals surface area contributed by atoms with Gasteiger partial charge in [0.25, 0.3) is 0 Å². The largest absolute Gasteiger partial charge is 0.393 e. The van der Waals surface area contributed by atoms with Crippen molar-refractivity contribution in [3.63, 3.8) is 0 Å². The lowest BCUT2D eigenvalue weighted by Crippen LogP contribution is -2.43. The molecule has 0 aliphatic carbocycles. The number of aliphatic hydroxyl groups excluding tert-OH is 1. The first-order valence-electron chi connectivity index (χ1n) is 7.07. The number of rotatable bonds is 2. The number of anilines is 1. The van der Waals surface area contributed by atoms with Crippen molar-refractivity contribution in [1.82, 2.24) is 0 Å². The van der Waals surface area contributed by atoms with E-state index in [0.717, 1.165) is 4.47 Å². The Morgan fingerprint density at radius 3 is 2.45 bits per heavy atom. The number of benzene rings is 1. The minimum Gasteiger partial charge on any atom is -0.393 e.